The molecule has 1 unspecified atom stereocenters. The van der Waals surface area contributed by atoms with Crippen molar-refractivity contribution in [1.82, 2.24) is 0 Å². The summed E-state index contributed by atoms with van der Waals surface area (Å²) < 4.78 is 0. The first kappa shape index (κ1) is 10.4. The van der Waals surface area contributed by atoms with Crippen LogP contribution in [0.25, 0.3) is 0 Å². The standard InChI is InChI=1S/C3H6O3.Na/c1-2(4)3(5)6;/h2,4H,1H3,(H,5,6);/q;+1. The third-order valence-electron chi connectivity index (χ3n) is 0.357. The molecule has 0 amide bonds. The van der Waals surface area contributed by atoms with Crippen LogP contribution in [0.3, 0.4) is 0 Å². The van der Waals surface area contributed by atoms with E-state index in [9.17, 15) is 4.79 Å². The molecule has 0 fully saturated rings. The van der Waals surface area contributed by atoms with Gasteiger partial charge in [0.1, 0.15) is 6.10 Å². The van der Waals surface area contributed by atoms with Gasteiger partial charge in [-0.05, 0) is 6.92 Å². The number of carboxylic acids is 1. The molecule has 4 heteroatoms. The van der Waals surface area contributed by atoms with Gasteiger partial charge in [-0.15, -0.1) is 0 Å². The Labute approximate surface area is 63.6 Å². The second-order valence-corrected chi connectivity index (χ2v) is 1.01. The van der Waals surface area contributed by atoms with Gasteiger partial charge in [0.2, 0.25) is 0 Å². The summed E-state index contributed by atoms with van der Waals surface area (Å²) in [6, 6.07) is 0. The molecule has 2 N–H and O–H groups in total. The Hall–Kier alpha value is 0.430. The molecular weight excluding hydrogens is 107 g/mol. The van der Waals surface area contributed by atoms with Crippen molar-refractivity contribution < 1.29 is 44.6 Å². The second-order valence-electron chi connectivity index (χ2n) is 1.01. The van der Waals surface area contributed by atoms with Gasteiger partial charge >= 0.3 is 35.5 Å². The van der Waals surface area contributed by atoms with E-state index in [1.807, 2.05) is 0 Å². The normalized spacial score (nSPS) is 11.7. The molecule has 0 aliphatic heterocycles. The fraction of sp³-hybridized carbons (Fsp3) is 0.667. The second kappa shape index (κ2) is 4.59. The number of carbonyl (C=O) groups is 1. The van der Waals surface area contributed by atoms with E-state index in [0.29, 0.717) is 0 Å². The zero-order chi connectivity index (χ0) is 5.15. The zero-order valence-corrected chi connectivity index (χ0v) is 6.38. The van der Waals surface area contributed by atoms with Crippen molar-refractivity contribution in [3.05, 3.63) is 0 Å². The molecule has 0 aliphatic rings. The fourth-order valence-electron chi connectivity index (χ4n) is 0. The molecule has 36 valence electrons. The van der Waals surface area contributed by atoms with Crippen LogP contribution in [-0.4, -0.2) is 22.3 Å². The minimum Gasteiger partial charge on any atom is -0.479 e. The minimum absolute atomic E-state index is 0. The van der Waals surface area contributed by atoms with Gasteiger partial charge in [-0.2, -0.15) is 0 Å². The SMILES string of the molecule is CC(O)C(=O)O.[Na+]. The molecule has 0 bridgehead atoms. The number of carboxylic acid groups (broad SMARTS) is 1. The molecule has 0 heterocycles. The van der Waals surface area contributed by atoms with Crippen LogP contribution in [0, 0.1) is 0 Å². The predicted octanol–water partition coefficient (Wildman–Crippen LogP) is -3.54. The Morgan fingerprint density at radius 2 is 1.86 bits per heavy atom. The first-order valence-corrected chi connectivity index (χ1v) is 1.55. The maximum atomic E-state index is 9.45. The molecule has 0 aromatic heterocycles. The Kier molecular flexibility index (Phi) is 6.82. The predicted molar refractivity (Wildman–Crippen MR) is 19.3 cm³/mol. The molecule has 0 spiro atoms. The minimum atomic E-state index is -1.23. The number of aliphatic hydroxyl groups excluding tert-OH is 1. The van der Waals surface area contributed by atoms with E-state index in [4.69, 9.17) is 10.2 Å². The number of aliphatic carboxylic acids is 1. The Balaban J connectivity index is 0. The molecule has 0 aliphatic carbocycles. The van der Waals surface area contributed by atoms with Crippen molar-refractivity contribution in [2.24, 2.45) is 0 Å². The molecule has 0 saturated heterocycles. The maximum absolute atomic E-state index is 9.45. The molecule has 0 aromatic rings. The monoisotopic (exact) mass is 113 g/mol. The number of hydrogen-bond acceptors (Lipinski definition) is 2. The fourth-order valence-corrected chi connectivity index (χ4v) is 0. The molecule has 0 rings (SSSR count). The summed E-state index contributed by atoms with van der Waals surface area (Å²) in [5, 5.41) is 15.8. The average Bonchev–Trinajstić information content (AvgIpc) is 1.36. The van der Waals surface area contributed by atoms with Crippen molar-refractivity contribution >= 4 is 5.97 Å². The molecular formula is C3H6NaO3+. The summed E-state index contributed by atoms with van der Waals surface area (Å²) in [7, 11) is 0. The Morgan fingerprint density at radius 3 is 1.86 bits per heavy atom. The zero-order valence-electron chi connectivity index (χ0n) is 4.38. The van der Waals surface area contributed by atoms with E-state index < -0.39 is 12.1 Å². The Morgan fingerprint density at radius 1 is 1.71 bits per heavy atom. The summed E-state index contributed by atoms with van der Waals surface area (Å²) in [6.45, 7) is 1.20. The Bertz CT molecular complexity index is 61.2. The smallest absolute Gasteiger partial charge is 0.479 e. The van der Waals surface area contributed by atoms with Crippen LogP contribution >= 0.6 is 0 Å². The van der Waals surface area contributed by atoms with Gasteiger partial charge in [0.05, 0.1) is 0 Å². The maximum Gasteiger partial charge on any atom is 1.00 e. The largest absolute Gasteiger partial charge is 1.00 e. The average molecular weight is 113 g/mol. The van der Waals surface area contributed by atoms with E-state index in [-0.39, 0.29) is 29.6 Å². The van der Waals surface area contributed by atoms with E-state index in [1.54, 1.807) is 0 Å². The molecule has 0 aromatic carbocycles. The van der Waals surface area contributed by atoms with Gasteiger partial charge in [-0.3, -0.25) is 0 Å². The summed E-state index contributed by atoms with van der Waals surface area (Å²) in [5.74, 6) is -1.19. The van der Waals surface area contributed by atoms with Crippen LogP contribution in [-0.2, 0) is 4.79 Å². The molecule has 1 atom stereocenters. The molecule has 0 radical (unpaired) electrons. The van der Waals surface area contributed by atoms with E-state index in [1.165, 1.54) is 6.92 Å². The van der Waals surface area contributed by atoms with Gasteiger partial charge in [0.25, 0.3) is 0 Å². The first-order chi connectivity index (χ1) is 2.64. The molecule has 7 heavy (non-hydrogen) atoms. The molecule has 0 saturated carbocycles. The number of aliphatic hydroxyl groups is 1. The number of rotatable bonds is 1. The van der Waals surface area contributed by atoms with Crippen LogP contribution < -0.4 is 29.6 Å². The summed E-state index contributed by atoms with van der Waals surface area (Å²) in [6.07, 6.45) is -1.23. The van der Waals surface area contributed by atoms with Crippen LogP contribution in [0.15, 0.2) is 0 Å². The van der Waals surface area contributed by atoms with Crippen LogP contribution in [0.2, 0.25) is 0 Å². The van der Waals surface area contributed by atoms with E-state index in [0.717, 1.165) is 0 Å². The summed E-state index contributed by atoms with van der Waals surface area (Å²) in [5.41, 5.74) is 0. The summed E-state index contributed by atoms with van der Waals surface area (Å²) >= 11 is 0. The third-order valence-corrected chi connectivity index (χ3v) is 0.357. The van der Waals surface area contributed by atoms with Crippen molar-refractivity contribution in [2.45, 2.75) is 13.0 Å². The van der Waals surface area contributed by atoms with Crippen LogP contribution in [0.4, 0.5) is 0 Å². The van der Waals surface area contributed by atoms with Gasteiger partial charge in [-0.1, -0.05) is 0 Å². The van der Waals surface area contributed by atoms with Crippen molar-refractivity contribution in [3.63, 3.8) is 0 Å². The number of hydrogen-bond donors (Lipinski definition) is 2. The van der Waals surface area contributed by atoms with Crippen molar-refractivity contribution in [3.8, 4) is 0 Å². The molecule has 3 nitrogen and oxygen atoms in total. The summed E-state index contributed by atoms with van der Waals surface area (Å²) in [4.78, 5) is 9.45. The topological polar surface area (TPSA) is 57.5 Å². The van der Waals surface area contributed by atoms with Gasteiger partial charge in [-0.25, -0.2) is 4.79 Å². The van der Waals surface area contributed by atoms with Crippen molar-refractivity contribution in [1.29, 1.82) is 0 Å². The van der Waals surface area contributed by atoms with Gasteiger partial charge in [0, 0.05) is 0 Å². The van der Waals surface area contributed by atoms with Crippen molar-refractivity contribution in [2.75, 3.05) is 0 Å². The van der Waals surface area contributed by atoms with Gasteiger partial charge in [0.15, 0.2) is 0 Å². The quantitative estimate of drug-likeness (QED) is 0.346. The van der Waals surface area contributed by atoms with Gasteiger partial charge < -0.3 is 10.2 Å². The first-order valence-electron chi connectivity index (χ1n) is 1.55. The van der Waals surface area contributed by atoms with Crippen LogP contribution in [0.1, 0.15) is 6.92 Å². The third kappa shape index (κ3) is 6.43. The van der Waals surface area contributed by atoms with Crippen LogP contribution in [0.5, 0.6) is 0 Å². The van der Waals surface area contributed by atoms with E-state index >= 15 is 0 Å². The van der Waals surface area contributed by atoms with E-state index in [2.05, 4.69) is 0 Å².